The Hall–Kier alpha value is -2.29. The number of carboxylic acids is 1. The number of rotatable bonds is 5. The van der Waals surface area contributed by atoms with E-state index in [1.165, 1.54) is 17.0 Å². The smallest absolute Gasteiger partial charge is 0.327 e. The van der Waals surface area contributed by atoms with Gasteiger partial charge in [0.05, 0.1) is 0 Å². The lowest BCUT2D eigenvalue weighted by Gasteiger charge is -2.12. The Balaban J connectivity index is 2.98. The van der Waals surface area contributed by atoms with Gasteiger partial charge in [-0.1, -0.05) is 0 Å². The molecule has 0 radical (unpaired) electrons. The Morgan fingerprint density at radius 2 is 2.47 bits per heavy atom. The molecular formula is C11H13N3O3. The molecule has 0 aromatic carbocycles. The highest BCUT2D eigenvalue weighted by Gasteiger charge is 2.18. The molecule has 1 rings (SSSR count). The maximum atomic E-state index is 11.8. The van der Waals surface area contributed by atoms with Crippen LogP contribution in [0.25, 0.3) is 0 Å². The van der Waals surface area contributed by atoms with E-state index in [1.807, 2.05) is 0 Å². The van der Waals surface area contributed by atoms with Gasteiger partial charge in [-0.25, -0.2) is 9.78 Å². The zero-order valence-corrected chi connectivity index (χ0v) is 9.38. The van der Waals surface area contributed by atoms with Gasteiger partial charge in [0.2, 0.25) is 0 Å². The third kappa shape index (κ3) is 3.08. The van der Waals surface area contributed by atoms with Crippen LogP contribution in [-0.2, 0) is 11.3 Å². The van der Waals surface area contributed by atoms with E-state index in [9.17, 15) is 9.59 Å². The van der Waals surface area contributed by atoms with E-state index < -0.39 is 12.0 Å². The average molecular weight is 235 g/mol. The number of hydrogen-bond donors (Lipinski definition) is 2. The predicted octanol–water partition coefficient (Wildman–Crippen LogP) is 0.152. The molecule has 0 bridgehead atoms. The lowest BCUT2D eigenvalue weighted by molar-refractivity contribution is -0.137. The molecule has 1 aromatic heterocycles. The first kappa shape index (κ1) is 12.8. The highest BCUT2D eigenvalue weighted by atomic mass is 16.4. The molecule has 2 N–H and O–H groups in total. The summed E-state index contributed by atoms with van der Waals surface area (Å²) in [6, 6.07) is -1.01. The summed E-state index contributed by atoms with van der Waals surface area (Å²) >= 11 is 0. The SMILES string of the molecule is C#CCC(Nc1nccn(CC)c1=O)C(=O)O. The molecule has 0 aliphatic carbocycles. The summed E-state index contributed by atoms with van der Waals surface area (Å²) in [6.07, 6.45) is 8.01. The van der Waals surface area contributed by atoms with Crippen LogP contribution in [0.4, 0.5) is 5.82 Å². The van der Waals surface area contributed by atoms with Gasteiger partial charge in [-0.05, 0) is 6.92 Å². The molecule has 0 spiro atoms. The molecule has 6 heteroatoms. The van der Waals surface area contributed by atoms with Crippen molar-refractivity contribution < 1.29 is 9.90 Å². The van der Waals surface area contributed by atoms with E-state index >= 15 is 0 Å². The monoisotopic (exact) mass is 235 g/mol. The molecule has 0 aliphatic rings. The van der Waals surface area contributed by atoms with Gasteiger partial charge in [0.1, 0.15) is 6.04 Å². The minimum Gasteiger partial charge on any atom is -0.480 e. The fourth-order valence-electron chi connectivity index (χ4n) is 1.28. The number of carbonyl (C=O) groups is 1. The number of nitrogens with zero attached hydrogens (tertiary/aromatic N) is 2. The van der Waals surface area contributed by atoms with Crippen molar-refractivity contribution in [1.82, 2.24) is 9.55 Å². The third-order valence-electron chi connectivity index (χ3n) is 2.19. The maximum absolute atomic E-state index is 11.8. The van der Waals surface area contributed by atoms with Gasteiger partial charge in [-0.3, -0.25) is 4.79 Å². The Morgan fingerprint density at radius 1 is 1.76 bits per heavy atom. The van der Waals surface area contributed by atoms with Gasteiger partial charge in [-0.2, -0.15) is 0 Å². The van der Waals surface area contributed by atoms with Crippen molar-refractivity contribution in [2.75, 3.05) is 5.32 Å². The molecule has 0 saturated heterocycles. The predicted molar refractivity (Wildman–Crippen MR) is 62.7 cm³/mol. The van der Waals surface area contributed by atoms with Crippen LogP contribution in [0, 0.1) is 12.3 Å². The second-order valence-corrected chi connectivity index (χ2v) is 3.31. The van der Waals surface area contributed by atoms with Crippen LogP contribution in [-0.4, -0.2) is 26.7 Å². The lowest BCUT2D eigenvalue weighted by Crippen LogP contribution is -2.33. The summed E-state index contributed by atoms with van der Waals surface area (Å²) < 4.78 is 1.42. The Labute approximate surface area is 98.3 Å². The van der Waals surface area contributed by atoms with E-state index in [1.54, 1.807) is 6.92 Å². The van der Waals surface area contributed by atoms with Crippen molar-refractivity contribution in [1.29, 1.82) is 0 Å². The number of carboxylic acid groups (broad SMARTS) is 1. The van der Waals surface area contributed by atoms with Crippen LogP contribution in [0.3, 0.4) is 0 Å². The normalized spacial score (nSPS) is 11.5. The van der Waals surface area contributed by atoms with E-state index in [4.69, 9.17) is 11.5 Å². The summed E-state index contributed by atoms with van der Waals surface area (Å²) in [6.45, 7) is 2.30. The van der Waals surface area contributed by atoms with Gasteiger partial charge < -0.3 is 15.0 Å². The summed E-state index contributed by atoms with van der Waals surface area (Å²) in [5.74, 6) is 1.12. The van der Waals surface area contributed by atoms with Crippen molar-refractivity contribution in [3.63, 3.8) is 0 Å². The summed E-state index contributed by atoms with van der Waals surface area (Å²) in [4.78, 5) is 26.4. The van der Waals surface area contributed by atoms with Crippen molar-refractivity contribution in [2.24, 2.45) is 0 Å². The first-order chi connectivity index (χ1) is 8.10. The Kier molecular flexibility index (Phi) is 4.29. The molecule has 1 heterocycles. The van der Waals surface area contributed by atoms with Crippen molar-refractivity contribution >= 4 is 11.8 Å². The number of aromatic nitrogens is 2. The molecule has 1 atom stereocenters. The molecule has 0 amide bonds. The second kappa shape index (κ2) is 5.70. The molecule has 90 valence electrons. The van der Waals surface area contributed by atoms with Crippen LogP contribution in [0.5, 0.6) is 0 Å². The molecule has 0 fully saturated rings. The van der Waals surface area contributed by atoms with Crippen molar-refractivity contribution in [3.05, 3.63) is 22.7 Å². The lowest BCUT2D eigenvalue weighted by atomic mass is 10.2. The van der Waals surface area contributed by atoms with Crippen LogP contribution >= 0.6 is 0 Å². The first-order valence-electron chi connectivity index (χ1n) is 5.08. The third-order valence-corrected chi connectivity index (χ3v) is 2.19. The van der Waals surface area contributed by atoms with Crippen LogP contribution < -0.4 is 10.9 Å². The molecular weight excluding hydrogens is 222 g/mol. The number of aryl methyl sites for hydroxylation is 1. The first-order valence-corrected chi connectivity index (χ1v) is 5.08. The molecule has 1 aromatic rings. The van der Waals surface area contributed by atoms with Crippen LogP contribution in [0.2, 0.25) is 0 Å². The summed E-state index contributed by atoms with van der Waals surface area (Å²) in [7, 11) is 0. The van der Waals surface area contributed by atoms with Gasteiger partial charge in [0.25, 0.3) is 5.56 Å². The maximum Gasteiger partial charge on any atom is 0.327 e. The van der Waals surface area contributed by atoms with Gasteiger partial charge in [-0.15, -0.1) is 12.3 Å². The molecule has 17 heavy (non-hydrogen) atoms. The minimum absolute atomic E-state index is 0.00278. The summed E-state index contributed by atoms with van der Waals surface area (Å²) in [5.41, 5.74) is -0.363. The van der Waals surface area contributed by atoms with E-state index in [0.717, 1.165) is 0 Å². The Morgan fingerprint density at radius 3 is 3.00 bits per heavy atom. The van der Waals surface area contributed by atoms with Gasteiger partial charge in [0, 0.05) is 25.4 Å². The zero-order valence-electron chi connectivity index (χ0n) is 9.38. The number of hydrogen-bond acceptors (Lipinski definition) is 4. The number of aliphatic carboxylic acids is 1. The second-order valence-electron chi connectivity index (χ2n) is 3.31. The fourth-order valence-corrected chi connectivity index (χ4v) is 1.28. The zero-order chi connectivity index (χ0) is 12.8. The van der Waals surface area contributed by atoms with Crippen LogP contribution in [0.1, 0.15) is 13.3 Å². The van der Waals surface area contributed by atoms with Gasteiger partial charge in [0.15, 0.2) is 5.82 Å². The average Bonchev–Trinajstić information content (AvgIpc) is 2.30. The number of nitrogens with one attached hydrogen (secondary N) is 1. The number of terminal acetylenes is 1. The molecule has 0 aliphatic heterocycles. The Bertz CT molecular complexity index is 501. The number of anilines is 1. The summed E-state index contributed by atoms with van der Waals surface area (Å²) in [5, 5.41) is 11.4. The highest BCUT2D eigenvalue weighted by Crippen LogP contribution is 2.01. The fraction of sp³-hybridized carbons (Fsp3) is 0.364. The largest absolute Gasteiger partial charge is 0.480 e. The quantitative estimate of drug-likeness (QED) is 0.710. The molecule has 0 saturated carbocycles. The highest BCUT2D eigenvalue weighted by molar-refractivity contribution is 5.77. The van der Waals surface area contributed by atoms with Crippen molar-refractivity contribution in [2.45, 2.75) is 25.9 Å². The van der Waals surface area contributed by atoms with Gasteiger partial charge >= 0.3 is 5.97 Å². The van der Waals surface area contributed by atoms with E-state index in [-0.39, 0.29) is 17.8 Å². The molecule has 1 unspecified atom stereocenters. The van der Waals surface area contributed by atoms with Crippen molar-refractivity contribution in [3.8, 4) is 12.3 Å². The van der Waals surface area contributed by atoms with Crippen LogP contribution in [0.15, 0.2) is 17.2 Å². The molecule has 6 nitrogen and oxygen atoms in total. The van der Waals surface area contributed by atoms with E-state index in [2.05, 4.69) is 16.2 Å². The topological polar surface area (TPSA) is 84.2 Å². The minimum atomic E-state index is -1.11. The van der Waals surface area contributed by atoms with E-state index in [0.29, 0.717) is 6.54 Å². The standard InChI is InChI=1S/C11H13N3O3/c1-3-5-8(11(16)17)13-9-10(15)14(4-2)7-6-12-9/h1,6-8H,4-5H2,2H3,(H,12,13)(H,16,17).